The summed E-state index contributed by atoms with van der Waals surface area (Å²) in [6, 6.07) is -0.182. The molecule has 9 nitrogen and oxygen atoms in total. The number of halogens is 1. The third kappa shape index (κ3) is 4.71. The van der Waals surface area contributed by atoms with E-state index in [1.54, 1.807) is 27.9 Å². The molecule has 1 amide bonds. The van der Waals surface area contributed by atoms with E-state index in [9.17, 15) is 9.59 Å². The predicted molar refractivity (Wildman–Crippen MR) is 110 cm³/mol. The van der Waals surface area contributed by atoms with Gasteiger partial charge in [0, 0.05) is 20.2 Å². The number of nitrogens with one attached hydrogen (secondary N) is 2. The van der Waals surface area contributed by atoms with Gasteiger partial charge in [0.15, 0.2) is 16.1 Å². The van der Waals surface area contributed by atoms with Crippen molar-refractivity contribution in [3.63, 3.8) is 0 Å². The lowest BCUT2D eigenvalue weighted by Gasteiger charge is -2.37. The van der Waals surface area contributed by atoms with E-state index in [1.807, 2.05) is 0 Å². The van der Waals surface area contributed by atoms with Crippen LogP contribution in [-0.2, 0) is 9.47 Å². The Hall–Kier alpha value is -2.17. The van der Waals surface area contributed by atoms with E-state index in [-0.39, 0.29) is 35.0 Å². The van der Waals surface area contributed by atoms with Crippen LogP contribution in [0.25, 0.3) is 0 Å². The van der Waals surface area contributed by atoms with Crippen LogP contribution >= 0.6 is 22.9 Å². The first-order valence-electron chi connectivity index (χ1n) is 9.29. The number of esters is 1. The maximum atomic E-state index is 12.5. The van der Waals surface area contributed by atoms with Gasteiger partial charge in [-0.1, -0.05) is 22.9 Å². The molecule has 2 aromatic rings. The zero-order valence-electron chi connectivity index (χ0n) is 16.7. The molecule has 0 aliphatic carbocycles. The second-order valence-corrected chi connectivity index (χ2v) is 8.06. The first kappa shape index (κ1) is 21.5. The second-order valence-electron chi connectivity index (χ2n) is 6.72. The van der Waals surface area contributed by atoms with Crippen LogP contribution in [-0.4, -0.2) is 65.8 Å². The first-order valence-corrected chi connectivity index (χ1v) is 10.5. The fourth-order valence-corrected chi connectivity index (χ4v) is 4.31. The van der Waals surface area contributed by atoms with Crippen molar-refractivity contribution in [2.45, 2.75) is 39.3 Å². The highest BCUT2D eigenvalue weighted by Crippen LogP contribution is 2.29. The minimum absolute atomic E-state index is 0.180. The van der Waals surface area contributed by atoms with Gasteiger partial charge in [-0.2, -0.15) is 0 Å². The number of amides is 1. The summed E-state index contributed by atoms with van der Waals surface area (Å²) in [5.74, 6) is -0.499. The largest absolute Gasteiger partial charge is 0.462 e. The number of aromatic nitrogens is 3. The molecular weight excluding hydrogens is 418 g/mol. The van der Waals surface area contributed by atoms with Gasteiger partial charge >= 0.3 is 5.97 Å². The summed E-state index contributed by atoms with van der Waals surface area (Å²) in [7, 11) is 1.61. The molecule has 0 bridgehead atoms. The highest BCUT2D eigenvalue weighted by molar-refractivity contribution is 7.17. The molecule has 2 atom stereocenters. The summed E-state index contributed by atoms with van der Waals surface area (Å²) in [4.78, 5) is 38.5. The molecule has 1 aliphatic rings. The van der Waals surface area contributed by atoms with Gasteiger partial charge in [-0.15, -0.1) is 0 Å². The number of ether oxygens (including phenoxy) is 2. The average Bonchev–Trinajstić information content (AvgIpc) is 3.24. The minimum atomic E-state index is -0.355. The third-order valence-electron chi connectivity index (χ3n) is 4.74. The molecule has 3 rings (SSSR count). The van der Waals surface area contributed by atoms with Crippen molar-refractivity contribution in [3.05, 3.63) is 27.2 Å². The summed E-state index contributed by atoms with van der Waals surface area (Å²) in [5, 5.41) is 3.99. The van der Waals surface area contributed by atoms with Crippen molar-refractivity contribution in [2.75, 3.05) is 31.7 Å². The highest BCUT2D eigenvalue weighted by atomic mass is 35.5. The number of thiazole rings is 1. The van der Waals surface area contributed by atoms with E-state index in [2.05, 4.69) is 25.2 Å². The number of imidazole rings is 1. The Balaban J connectivity index is 1.67. The standard InChI is InChI=1S/C18H24ClN5O4S/c1-5-28-17(26)13-9(2)21-18(29-13)24-7-6-11(12(8-24)27-4)22-16(25)15-20-10(3)14(19)23-15/h11-12H,5-8H2,1-4H3,(H,20,23)(H,22,25). The molecule has 0 saturated carbocycles. The molecule has 1 aliphatic heterocycles. The Morgan fingerprint density at radius 2 is 2.14 bits per heavy atom. The Labute approximate surface area is 177 Å². The summed E-state index contributed by atoms with van der Waals surface area (Å²) < 4.78 is 10.7. The number of carbonyl (C=O) groups excluding carboxylic acids is 2. The molecule has 158 valence electrons. The number of aromatic amines is 1. The zero-order valence-corrected chi connectivity index (χ0v) is 18.3. The van der Waals surface area contributed by atoms with Gasteiger partial charge < -0.3 is 24.7 Å². The molecule has 0 radical (unpaired) electrons. The number of piperidine rings is 1. The molecule has 1 fully saturated rings. The van der Waals surface area contributed by atoms with Gasteiger partial charge in [0.25, 0.3) is 5.91 Å². The van der Waals surface area contributed by atoms with Gasteiger partial charge in [0.05, 0.1) is 30.1 Å². The first-order chi connectivity index (χ1) is 13.8. The lowest BCUT2D eigenvalue weighted by atomic mass is 10.0. The number of aryl methyl sites for hydroxylation is 2. The average molecular weight is 442 g/mol. The summed E-state index contributed by atoms with van der Waals surface area (Å²) in [6.45, 7) is 6.84. The fourth-order valence-electron chi connectivity index (χ4n) is 3.18. The topological polar surface area (TPSA) is 109 Å². The van der Waals surface area contributed by atoms with Crippen molar-refractivity contribution in [1.82, 2.24) is 20.3 Å². The van der Waals surface area contributed by atoms with Crippen LogP contribution in [0.3, 0.4) is 0 Å². The number of anilines is 1. The zero-order chi connectivity index (χ0) is 21.1. The van der Waals surface area contributed by atoms with Gasteiger partial charge in [-0.3, -0.25) is 4.79 Å². The van der Waals surface area contributed by atoms with E-state index in [1.165, 1.54) is 11.3 Å². The van der Waals surface area contributed by atoms with Crippen LogP contribution in [0.2, 0.25) is 5.15 Å². The number of rotatable bonds is 6. The molecule has 0 aromatic carbocycles. The summed E-state index contributed by atoms with van der Waals surface area (Å²) in [6.07, 6.45) is 0.417. The van der Waals surface area contributed by atoms with E-state index >= 15 is 0 Å². The number of carbonyl (C=O) groups is 2. The van der Waals surface area contributed by atoms with Crippen molar-refractivity contribution in [1.29, 1.82) is 0 Å². The molecular formula is C18H24ClN5O4S. The molecule has 2 N–H and O–H groups in total. The molecule has 11 heteroatoms. The number of nitrogens with zero attached hydrogens (tertiary/aromatic N) is 3. The second kappa shape index (κ2) is 9.10. The Morgan fingerprint density at radius 1 is 1.38 bits per heavy atom. The van der Waals surface area contributed by atoms with E-state index in [0.29, 0.717) is 42.4 Å². The predicted octanol–water partition coefficient (Wildman–Crippen LogP) is 2.34. The van der Waals surface area contributed by atoms with E-state index in [0.717, 1.165) is 5.13 Å². The number of hydrogen-bond donors (Lipinski definition) is 2. The lowest BCUT2D eigenvalue weighted by Crippen LogP contribution is -2.55. The van der Waals surface area contributed by atoms with Crippen LogP contribution < -0.4 is 10.2 Å². The minimum Gasteiger partial charge on any atom is -0.462 e. The SMILES string of the molecule is CCOC(=O)c1sc(N2CCC(NC(=O)c3nc(Cl)c(C)[nH]3)C(OC)C2)nc1C. The Kier molecular flexibility index (Phi) is 6.76. The molecule has 29 heavy (non-hydrogen) atoms. The van der Waals surface area contributed by atoms with E-state index in [4.69, 9.17) is 21.1 Å². The van der Waals surface area contributed by atoms with Crippen molar-refractivity contribution < 1.29 is 19.1 Å². The fraction of sp³-hybridized carbons (Fsp3) is 0.556. The van der Waals surface area contributed by atoms with Crippen molar-refractivity contribution in [2.24, 2.45) is 0 Å². The van der Waals surface area contributed by atoms with Crippen LogP contribution in [0, 0.1) is 13.8 Å². The smallest absolute Gasteiger partial charge is 0.350 e. The maximum Gasteiger partial charge on any atom is 0.350 e. The molecule has 1 saturated heterocycles. The van der Waals surface area contributed by atoms with Crippen LogP contribution in [0.4, 0.5) is 5.13 Å². The molecule has 2 unspecified atom stereocenters. The highest BCUT2D eigenvalue weighted by Gasteiger charge is 2.33. The van der Waals surface area contributed by atoms with Gasteiger partial charge in [-0.25, -0.2) is 14.8 Å². The maximum absolute atomic E-state index is 12.5. The third-order valence-corrected chi connectivity index (χ3v) is 6.30. The molecule has 0 spiro atoms. The Bertz CT molecular complexity index is 879. The van der Waals surface area contributed by atoms with Crippen molar-refractivity contribution in [3.8, 4) is 0 Å². The van der Waals surface area contributed by atoms with Crippen LogP contribution in [0.5, 0.6) is 0 Å². The van der Waals surface area contributed by atoms with Crippen molar-refractivity contribution >= 4 is 39.9 Å². The number of methoxy groups -OCH3 is 1. The normalized spacial score (nSPS) is 19.3. The van der Waals surface area contributed by atoms with Gasteiger partial charge in [0.2, 0.25) is 0 Å². The number of H-pyrrole nitrogens is 1. The summed E-state index contributed by atoms with van der Waals surface area (Å²) >= 11 is 7.23. The van der Waals surface area contributed by atoms with E-state index < -0.39 is 0 Å². The van der Waals surface area contributed by atoms with Crippen LogP contribution in [0.1, 0.15) is 45.0 Å². The molecule has 2 aromatic heterocycles. The monoisotopic (exact) mass is 441 g/mol. The van der Waals surface area contributed by atoms with Gasteiger partial charge in [0.1, 0.15) is 4.88 Å². The summed E-state index contributed by atoms with van der Waals surface area (Å²) in [5.41, 5.74) is 1.30. The quantitative estimate of drug-likeness (QED) is 0.662. The number of hydrogen-bond acceptors (Lipinski definition) is 8. The lowest BCUT2D eigenvalue weighted by molar-refractivity contribution is 0.0530. The molecule has 3 heterocycles. The van der Waals surface area contributed by atoms with Crippen LogP contribution in [0.15, 0.2) is 0 Å². The Morgan fingerprint density at radius 3 is 2.76 bits per heavy atom. The van der Waals surface area contributed by atoms with Gasteiger partial charge in [-0.05, 0) is 27.2 Å².